The number of ketones is 1. The van der Waals surface area contributed by atoms with E-state index in [1.54, 1.807) is 12.1 Å². The van der Waals surface area contributed by atoms with Gasteiger partial charge in [-0.25, -0.2) is 0 Å². The number of carbonyl (C=O) groups excluding carboxylic acids is 1. The second-order valence-electron chi connectivity index (χ2n) is 4.40. The van der Waals surface area contributed by atoms with Crippen LogP contribution in [-0.4, -0.2) is 19.2 Å². The van der Waals surface area contributed by atoms with Crippen LogP contribution in [0.1, 0.15) is 10.4 Å². The fraction of sp³-hybridized carbons (Fsp3) is 0. The molecule has 112 valence electrons. The highest BCUT2D eigenvalue weighted by Gasteiger charge is 2.29. The van der Waals surface area contributed by atoms with Crippen LogP contribution in [0.4, 0.5) is 0 Å². The summed E-state index contributed by atoms with van der Waals surface area (Å²) in [6.07, 6.45) is 0. The lowest BCUT2D eigenvalue weighted by atomic mass is 10.1. The monoisotopic (exact) mass is 371 g/mol. The Morgan fingerprint density at radius 3 is 2.32 bits per heavy atom. The van der Waals surface area contributed by atoms with Crippen LogP contribution in [-0.2, 0) is 10.0 Å². The molecule has 0 bridgehead atoms. The van der Waals surface area contributed by atoms with Crippen molar-refractivity contribution in [3.8, 4) is 0 Å². The Bertz CT molecular complexity index is 906. The molecule has 1 heterocycles. The predicted molar refractivity (Wildman–Crippen MR) is 87.7 cm³/mol. The van der Waals surface area contributed by atoms with Gasteiger partial charge in [-0.2, -0.15) is 8.42 Å². The fourth-order valence-electron chi connectivity index (χ4n) is 1.87. The second kappa shape index (κ2) is 5.70. The van der Waals surface area contributed by atoms with Crippen molar-refractivity contribution in [2.45, 2.75) is 9.79 Å². The van der Waals surface area contributed by atoms with Crippen LogP contribution in [0.15, 0.2) is 56.7 Å². The van der Waals surface area contributed by atoms with E-state index in [1.165, 1.54) is 30.3 Å². The van der Waals surface area contributed by atoms with Gasteiger partial charge < -0.3 is 0 Å². The van der Waals surface area contributed by atoms with Gasteiger partial charge in [0.05, 0.1) is 0 Å². The third kappa shape index (κ3) is 2.92. The van der Waals surface area contributed by atoms with Crippen LogP contribution in [0.2, 0.25) is 10.0 Å². The molecule has 0 aromatic heterocycles. The van der Waals surface area contributed by atoms with Gasteiger partial charge in [-0.05, 0) is 42.5 Å². The number of nitrogens with zero attached hydrogens (tertiary/aromatic N) is 1. The van der Waals surface area contributed by atoms with E-state index in [1.807, 2.05) is 0 Å². The van der Waals surface area contributed by atoms with Crippen molar-refractivity contribution in [1.82, 2.24) is 0 Å². The molecule has 0 saturated carbocycles. The van der Waals surface area contributed by atoms with Crippen LogP contribution < -0.4 is 0 Å². The second-order valence-corrected chi connectivity index (χ2v) is 7.88. The Balaban J connectivity index is 2.05. The van der Waals surface area contributed by atoms with Crippen molar-refractivity contribution in [3.05, 3.63) is 58.1 Å². The Labute approximate surface area is 141 Å². The molecular weight excluding hydrogens is 365 g/mol. The third-order valence-electron chi connectivity index (χ3n) is 2.89. The maximum Gasteiger partial charge on any atom is 0.284 e. The van der Waals surface area contributed by atoms with Crippen molar-refractivity contribution >= 4 is 55.8 Å². The van der Waals surface area contributed by atoms with Gasteiger partial charge in [0.25, 0.3) is 10.0 Å². The minimum Gasteiger partial charge on any atom is -0.286 e. The quantitative estimate of drug-likeness (QED) is 0.746. The molecule has 0 atom stereocenters. The van der Waals surface area contributed by atoms with Crippen LogP contribution >= 0.6 is 35.0 Å². The lowest BCUT2D eigenvalue weighted by molar-refractivity contribution is 0.106. The molecule has 0 spiro atoms. The molecule has 0 aliphatic carbocycles. The van der Waals surface area contributed by atoms with E-state index in [9.17, 15) is 13.2 Å². The summed E-state index contributed by atoms with van der Waals surface area (Å²) in [7, 11) is -3.91. The van der Waals surface area contributed by atoms with E-state index >= 15 is 0 Å². The lowest BCUT2D eigenvalue weighted by Crippen LogP contribution is -2.17. The van der Waals surface area contributed by atoms with Gasteiger partial charge in [0.2, 0.25) is 5.78 Å². The smallest absolute Gasteiger partial charge is 0.284 e. The molecular formula is C14H7Cl2NO3S2. The van der Waals surface area contributed by atoms with E-state index in [0.29, 0.717) is 20.5 Å². The highest BCUT2D eigenvalue weighted by atomic mass is 35.5. The molecule has 2 aromatic carbocycles. The fourth-order valence-corrected chi connectivity index (χ4v) is 4.84. The van der Waals surface area contributed by atoms with Crippen molar-refractivity contribution in [3.63, 3.8) is 0 Å². The first-order valence-electron chi connectivity index (χ1n) is 5.99. The summed E-state index contributed by atoms with van der Waals surface area (Å²) in [6.45, 7) is 0. The van der Waals surface area contributed by atoms with Gasteiger partial charge >= 0.3 is 0 Å². The molecule has 1 aliphatic heterocycles. The number of hydrogen-bond donors (Lipinski definition) is 0. The standard InChI is InChI=1S/C14H7Cl2NO3S2/c15-9-3-1-8(2-4-9)13(18)14-17-22(19,20)12-6-5-10(16)7-11(12)21-14/h1-7H. The average Bonchev–Trinajstić information content (AvgIpc) is 2.46. The number of benzene rings is 2. The van der Waals surface area contributed by atoms with E-state index in [-0.39, 0.29) is 9.94 Å². The van der Waals surface area contributed by atoms with Crippen LogP contribution in [0.3, 0.4) is 0 Å². The number of carbonyl (C=O) groups is 1. The van der Waals surface area contributed by atoms with E-state index < -0.39 is 15.8 Å². The first kappa shape index (κ1) is 15.6. The van der Waals surface area contributed by atoms with E-state index in [4.69, 9.17) is 23.2 Å². The number of sulfonamides is 1. The maximum atomic E-state index is 12.4. The molecule has 0 fully saturated rings. The van der Waals surface area contributed by atoms with Crippen molar-refractivity contribution in [2.24, 2.45) is 4.40 Å². The molecule has 0 radical (unpaired) electrons. The number of thioether (sulfide) groups is 1. The number of halogens is 2. The van der Waals surface area contributed by atoms with Crippen molar-refractivity contribution in [1.29, 1.82) is 0 Å². The summed E-state index contributed by atoms with van der Waals surface area (Å²) in [6, 6.07) is 10.5. The Morgan fingerprint density at radius 1 is 1.00 bits per heavy atom. The van der Waals surface area contributed by atoms with Gasteiger partial charge in [0.15, 0.2) is 5.04 Å². The molecule has 3 rings (SSSR count). The molecule has 0 saturated heterocycles. The molecule has 2 aromatic rings. The van der Waals surface area contributed by atoms with Crippen LogP contribution in [0, 0.1) is 0 Å². The van der Waals surface area contributed by atoms with Crippen LogP contribution in [0.5, 0.6) is 0 Å². The highest BCUT2D eigenvalue weighted by molar-refractivity contribution is 8.17. The largest absolute Gasteiger partial charge is 0.286 e. The minimum atomic E-state index is -3.91. The molecule has 0 N–H and O–H groups in total. The van der Waals surface area contributed by atoms with Gasteiger partial charge in [0, 0.05) is 20.5 Å². The molecule has 22 heavy (non-hydrogen) atoms. The van der Waals surface area contributed by atoms with Gasteiger partial charge in [-0.1, -0.05) is 35.0 Å². The highest BCUT2D eigenvalue weighted by Crippen LogP contribution is 2.36. The maximum absolute atomic E-state index is 12.4. The Morgan fingerprint density at radius 2 is 1.64 bits per heavy atom. The lowest BCUT2D eigenvalue weighted by Gasteiger charge is -2.14. The molecule has 8 heteroatoms. The third-order valence-corrected chi connectivity index (χ3v) is 5.99. The summed E-state index contributed by atoms with van der Waals surface area (Å²) < 4.78 is 27.9. The summed E-state index contributed by atoms with van der Waals surface area (Å²) in [5.41, 5.74) is 0.316. The normalized spacial score (nSPS) is 15.8. The first-order valence-corrected chi connectivity index (χ1v) is 9.01. The number of Topliss-reactive ketones (excluding diaryl/α,β-unsaturated/α-hetero) is 1. The first-order chi connectivity index (χ1) is 10.4. The van der Waals surface area contributed by atoms with E-state index in [0.717, 1.165) is 11.8 Å². The van der Waals surface area contributed by atoms with Gasteiger partial charge in [-0.3, -0.25) is 4.79 Å². The van der Waals surface area contributed by atoms with Gasteiger partial charge in [0.1, 0.15) is 4.90 Å². The zero-order valence-electron chi connectivity index (χ0n) is 10.8. The number of fused-ring (bicyclic) bond motifs is 1. The Hall–Kier alpha value is -1.34. The zero-order chi connectivity index (χ0) is 15.9. The molecule has 1 aliphatic rings. The Kier molecular flexibility index (Phi) is 4.03. The topological polar surface area (TPSA) is 63.6 Å². The SMILES string of the molecule is O=C(C1=NS(=O)(=O)c2ccc(Cl)cc2S1)c1ccc(Cl)cc1. The van der Waals surface area contributed by atoms with Crippen molar-refractivity contribution in [2.75, 3.05) is 0 Å². The molecule has 0 amide bonds. The predicted octanol–water partition coefficient (Wildman–Crippen LogP) is 4.07. The average molecular weight is 372 g/mol. The number of hydrogen-bond acceptors (Lipinski definition) is 4. The van der Waals surface area contributed by atoms with E-state index in [2.05, 4.69) is 4.40 Å². The summed E-state index contributed by atoms with van der Waals surface area (Å²) >= 11 is 12.6. The summed E-state index contributed by atoms with van der Waals surface area (Å²) in [4.78, 5) is 12.8. The van der Waals surface area contributed by atoms with Gasteiger partial charge in [-0.15, -0.1) is 4.40 Å². The minimum absolute atomic E-state index is 0.0505. The van der Waals surface area contributed by atoms with Crippen LogP contribution in [0.25, 0.3) is 0 Å². The summed E-state index contributed by atoms with van der Waals surface area (Å²) in [5, 5.41) is 0.762. The molecule has 0 unspecified atom stereocenters. The van der Waals surface area contributed by atoms with Crippen molar-refractivity contribution < 1.29 is 13.2 Å². The summed E-state index contributed by atoms with van der Waals surface area (Å²) in [5.74, 6) is -0.476. The zero-order valence-corrected chi connectivity index (χ0v) is 13.9. The number of rotatable bonds is 2. The molecule has 4 nitrogen and oxygen atoms in total.